The van der Waals surface area contributed by atoms with E-state index in [4.69, 9.17) is 4.74 Å². The second kappa shape index (κ2) is 7.78. The quantitative estimate of drug-likeness (QED) is 0.528. The Morgan fingerprint density at radius 1 is 1.30 bits per heavy atom. The third-order valence-corrected chi connectivity index (χ3v) is 3.79. The van der Waals surface area contributed by atoms with Crippen molar-refractivity contribution >= 4 is 22.6 Å². The molecule has 0 spiro atoms. The van der Waals surface area contributed by atoms with E-state index in [9.17, 15) is 0 Å². The summed E-state index contributed by atoms with van der Waals surface area (Å²) >= 11 is 2.33. The van der Waals surface area contributed by atoms with Crippen LogP contribution in [0.5, 0.6) is 0 Å². The second-order valence-corrected chi connectivity index (χ2v) is 6.50. The summed E-state index contributed by atoms with van der Waals surface area (Å²) in [6, 6.07) is 8.40. The van der Waals surface area contributed by atoms with Gasteiger partial charge < -0.3 is 9.30 Å². The third kappa shape index (κ3) is 4.59. The number of aromatic nitrogens is 2. The molecular formula is C16H21IN2O. The molecule has 0 saturated carbocycles. The molecule has 3 nitrogen and oxygen atoms in total. The molecule has 0 radical (unpaired) electrons. The lowest BCUT2D eigenvalue weighted by Crippen LogP contribution is -2.08. The van der Waals surface area contributed by atoms with Crippen LogP contribution in [-0.2, 0) is 11.3 Å². The summed E-state index contributed by atoms with van der Waals surface area (Å²) in [6.07, 6.45) is 4.98. The molecule has 0 aliphatic heterocycles. The minimum Gasteiger partial charge on any atom is -0.380 e. The second-order valence-electron chi connectivity index (χ2n) is 5.25. The van der Waals surface area contributed by atoms with Gasteiger partial charge in [0.2, 0.25) is 0 Å². The van der Waals surface area contributed by atoms with Gasteiger partial charge in [-0.05, 0) is 47.1 Å². The predicted octanol–water partition coefficient (Wildman–Crippen LogP) is 4.22. The fraction of sp³-hybridized carbons (Fsp3) is 0.438. The van der Waals surface area contributed by atoms with E-state index in [2.05, 4.69) is 70.3 Å². The standard InChI is InChI=1S/C16H21IN2O/c1-13(2)6-10-20-11-9-19-8-7-18-16(19)14-4-3-5-15(17)12-14/h3-5,7-8,12-13H,6,9-11H2,1-2H3. The Labute approximate surface area is 134 Å². The molecule has 0 bridgehead atoms. The van der Waals surface area contributed by atoms with E-state index < -0.39 is 0 Å². The summed E-state index contributed by atoms with van der Waals surface area (Å²) in [7, 11) is 0. The minimum absolute atomic E-state index is 0.699. The molecule has 108 valence electrons. The van der Waals surface area contributed by atoms with Crippen molar-refractivity contribution in [1.82, 2.24) is 9.55 Å². The Morgan fingerprint density at radius 2 is 2.15 bits per heavy atom. The van der Waals surface area contributed by atoms with Crippen molar-refractivity contribution in [1.29, 1.82) is 0 Å². The molecule has 0 unspecified atom stereocenters. The number of hydrogen-bond acceptors (Lipinski definition) is 2. The van der Waals surface area contributed by atoms with Crippen LogP contribution in [0, 0.1) is 9.49 Å². The summed E-state index contributed by atoms with van der Waals surface area (Å²) in [4.78, 5) is 4.46. The average Bonchev–Trinajstić information content (AvgIpc) is 2.86. The fourth-order valence-corrected chi connectivity index (χ4v) is 2.50. The van der Waals surface area contributed by atoms with Crippen LogP contribution in [0.1, 0.15) is 20.3 Å². The van der Waals surface area contributed by atoms with Crippen molar-refractivity contribution < 1.29 is 4.74 Å². The topological polar surface area (TPSA) is 27.1 Å². The summed E-state index contributed by atoms with van der Waals surface area (Å²) in [5.41, 5.74) is 1.16. The van der Waals surface area contributed by atoms with Gasteiger partial charge in [0.15, 0.2) is 0 Å². The van der Waals surface area contributed by atoms with Gasteiger partial charge in [-0.1, -0.05) is 26.0 Å². The van der Waals surface area contributed by atoms with Crippen LogP contribution in [0.15, 0.2) is 36.7 Å². The van der Waals surface area contributed by atoms with Crippen molar-refractivity contribution in [2.45, 2.75) is 26.8 Å². The first-order chi connectivity index (χ1) is 9.66. The third-order valence-electron chi connectivity index (χ3n) is 3.11. The number of imidazole rings is 1. The average molecular weight is 384 g/mol. The lowest BCUT2D eigenvalue weighted by molar-refractivity contribution is 0.116. The highest BCUT2D eigenvalue weighted by Crippen LogP contribution is 2.19. The van der Waals surface area contributed by atoms with E-state index in [1.807, 2.05) is 12.4 Å². The molecule has 1 aromatic heterocycles. The lowest BCUT2D eigenvalue weighted by Gasteiger charge is -2.10. The molecule has 20 heavy (non-hydrogen) atoms. The lowest BCUT2D eigenvalue weighted by atomic mass is 10.1. The smallest absolute Gasteiger partial charge is 0.139 e. The van der Waals surface area contributed by atoms with Crippen molar-refractivity contribution in [3.8, 4) is 11.4 Å². The van der Waals surface area contributed by atoms with Gasteiger partial charge in [-0.25, -0.2) is 4.98 Å². The monoisotopic (exact) mass is 384 g/mol. The molecule has 0 saturated heterocycles. The van der Waals surface area contributed by atoms with Gasteiger partial charge in [-0.3, -0.25) is 0 Å². The first-order valence-corrected chi connectivity index (χ1v) is 8.09. The number of benzene rings is 1. The van der Waals surface area contributed by atoms with Gasteiger partial charge in [0, 0.05) is 34.7 Å². The molecule has 2 rings (SSSR count). The molecule has 4 heteroatoms. The predicted molar refractivity (Wildman–Crippen MR) is 90.7 cm³/mol. The Balaban J connectivity index is 1.92. The SMILES string of the molecule is CC(C)CCOCCn1ccnc1-c1cccc(I)c1. The number of nitrogens with zero attached hydrogens (tertiary/aromatic N) is 2. The van der Waals surface area contributed by atoms with Gasteiger partial charge in [0.25, 0.3) is 0 Å². The number of rotatable bonds is 7. The van der Waals surface area contributed by atoms with E-state index in [0.717, 1.165) is 37.6 Å². The normalized spacial score (nSPS) is 11.2. The van der Waals surface area contributed by atoms with Crippen LogP contribution in [-0.4, -0.2) is 22.8 Å². The molecule has 1 aromatic carbocycles. The van der Waals surface area contributed by atoms with Gasteiger partial charge in [-0.15, -0.1) is 0 Å². The maximum Gasteiger partial charge on any atom is 0.139 e. The largest absolute Gasteiger partial charge is 0.380 e. The van der Waals surface area contributed by atoms with E-state index in [1.54, 1.807) is 0 Å². The van der Waals surface area contributed by atoms with Crippen LogP contribution in [0.4, 0.5) is 0 Å². The van der Waals surface area contributed by atoms with Crippen LogP contribution in [0.3, 0.4) is 0 Å². The van der Waals surface area contributed by atoms with Crippen LogP contribution in [0.2, 0.25) is 0 Å². The van der Waals surface area contributed by atoms with Gasteiger partial charge in [-0.2, -0.15) is 0 Å². The van der Waals surface area contributed by atoms with Crippen molar-refractivity contribution in [3.05, 3.63) is 40.2 Å². The zero-order valence-electron chi connectivity index (χ0n) is 12.1. The highest BCUT2D eigenvalue weighted by Gasteiger charge is 2.06. The van der Waals surface area contributed by atoms with Crippen LogP contribution >= 0.6 is 22.6 Å². The zero-order valence-corrected chi connectivity index (χ0v) is 14.2. The molecule has 0 fully saturated rings. The van der Waals surface area contributed by atoms with Gasteiger partial charge >= 0.3 is 0 Å². The summed E-state index contributed by atoms with van der Waals surface area (Å²) in [5, 5.41) is 0. The molecule has 0 amide bonds. The molecular weight excluding hydrogens is 363 g/mol. The molecule has 2 aromatic rings. The van der Waals surface area contributed by atoms with Crippen molar-refractivity contribution in [3.63, 3.8) is 0 Å². The fourth-order valence-electron chi connectivity index (χ4n) is 1.96. The van der Waals surface area contributed by atoms with Gasteiger partial charge in [0.1, 0.15) is 5.82 Å². The molecule has 1 heterocycles. The van der Waals surface area contributed by atoms with E-state index in [-0.39, 0.29) is 0 Å². The molecule has 0 N–H and O–H groups in total. The number of halogens is 1. The highest BCUT2D eigenvalue weighted by molar-refractivity contribution is 14.1. The van der Waals surface area contributed by atoms with Crippen molar-refractivity contribution in [2.24, 2.45) is 5.92 Å². The first-order valence-electron chi connectivity index (χ1n) is 7.01. The number of ether oxygens (including phenoxy) is 1. The minimum atomic E-state index is 0.699. The Kier molecular flexibility index (Phi) is 6.04. The van der Waals surface area contributed by atoms with Crippen LogP contribution in [0.25, 0.3) is 11.4 Å². The Morgan fingerprint density at radius 3 is 2.90 bits per heavy atom. The maximum atomic E-state index is 5.68. The van der Waals surface area contributed by atoms with Crippen molar-refractivity contribution in [2.75, 3.05) is 13.2 Å². The highest BCUT2D eigenvalue weighted by atomic mass is 127. The maximum absolute atomic E-state index is 5.68. The zero-order chi connectivity index (χ0) is 14.4. The van der Waals surface area contributed by atoms with Gasteiger partial charge in [0.05, 0.1) is 6.61 Å². The summed E-state index contributed by atoms with van der Waals surface area (Å²) in [6.45, 7) is 6.85. The number of hydrogen-bond donors (Lipinski definition) is 0. The summed E-state index contributed by atoms with van der Waals surface area (Å²) in [5.74, 6) is 1.71. The summed E-state index contributed by atoms with van der Waals surface area (Å²) < 4.78 is 9.06. The Bertz CT molecular complexity index is 537. The molecule has 0 aliphatic carbocycles. The molecule has 0 aliphatic rings. The Hall–Kier alpha value is -0.880. The van der Waals surface area contributed by atoms with E-state index in [1.165, 1.54) is 3.57 Å². The molecule has 0 atom stereocenters. The van der Waals surface area contributed by atoms with Crippen LogP contribution < -0.4 is 0 Å². The first kappa shape index (κ1) is 15.5. The van der Waals surface area contributed by atoms with E-state index >= 15 is 0 Å². The van der Waals surface area contributed by atoms with E-state index in [0.29, 0.717) is 5.92 Å².